The quantitative estimate of drug-likeness (QED) is 0.793. The number of rotatable bonds is 2. The summed E-state index contributed by atoms with van der Waals surface area (Å²) in [5, 5.41) is 0. The van der Waals surface area contributed by atoms with Crippen LogP contribution in [0.15, 0.2) is 18.3 Å². The number of pyridine rings is 1. The van der Waals surface area contributed by atoms with Gasteiger partial charge >= 0.3 is 0 Å². The number of piperidine rings is 1. The summed E-state index contributed by atoms with van der Waals surface area (Å²) >= 11 is 0. The number of hydrogen-bond acceptors (Lipinski definition) is 4. The van der Waals surface area contributed by atoms with Crippen LogP contribution in [0, 0.1) is 0 Å². The van der Waals surface area contributed by atoms with Gasteiger partial charge in [-0.15, -0.1) is 0 Å². The van der Waals surface area contributed by atoms with E-state index in [0.717, 1.165) is 25.2 Å². The van der Waals surface area contributed by atoms with Gasteiger partial charge in [-0.2, -0.15) is 0 Å². The maximum Gasteiger partial charge on any atom is 0.125 e. The second-order valence-electron chi connectivity index (χ2n) is 3.88. The monoisotopic (exact) mass is 207 g/mol. The van der Waals surface area contributed by atoms with E-state index in [1.165, 1.54) is 6.42 Å². The molecule has 0 radical (unpaired) electrons. The highest BCUT2D eigenvalue weighted by Gasteiger charge is 2.19. The van der Waals surface area contributed by atoms with Crippen molar-refractivity contribution in [1.82, 2.24) is 4.98 Å². The lowest BCUT2D eigenvalue weighted by atomic mass is 10.1. The average Bonchev–Trinajstić information content (AvgIpc) is 2.29. The van der Waals surface area contributed by atoms with Crippen molar-refractivity contribution >= 4 is 11.5 Å². The van der Waals surface area contributed by atoms with Crippen molar-refractivity contribution in [2.75, 3.05) is 30.8 Å². The molecule has 1 unspecified atom stereocenters. The van der Waals surface area contributed by atoms with E-state index in [0.29, 0.717) is 11.9 Å². The molecule has 0 amide bonds. The molecule has 4 nitrogen and oxygen atoms in total. The molecule has 2 N–H and O–H groups in total. The van der Waals surface area contributed by atoms with Crippen LogP contribution in [0.4, 0.5) is 11.5 Å². The van der Waals surface area contributed by atoms with Crippen molar-refractivity contribution in [3.63, 3.8) is 0 Å². The van der Waals surface area contributed by atoms with Crippen LogP contribution in [-0.2, 0) is 4.74 Å². The smallest absolute Gasteiger partial charge is 0.125 e. The summed E-state index contributed by atoms with van der Waals surface area (Å²) in [6, 6.07) is 3.91. The summed E-state index contributed by atoms with van der Waals surface area (Å²) in [7, 11) is 1.77. The van der Waals surface area contributed by atoms with Gasteiger partial charge in [0, 0.05) is 38.1 Å². The number of nitrogens with zero attached hydrogens (tertiary/aromatic N) is 2. The van der Waals surface area contributed by atoms with Crippen molar-refractivity contribution in [1.29, 1.82) is 0 Å². The summed E-state index contributed by atoms with van der Waals surface area (Å²) < 4.78 is 5.38. The maximum absolute atomic E-state index is 5.66. The molecule has 0 aromatic carbocycles. The molecule has 0 aliphatic carbocycles. The zero-order chi connectivity index (χ0) is 10.7. The normalized spacial score (nSPS) is 21.7. The van der Waals surface area contributed by atoms with Crippen molar-refractivity contribution in [3.8, 4) is 0 Å². The first-order chi connectivity index (χ1) is 7.29. The Labute approximate surface area is 90.0 Å². The third kappa shape index (κ3) is 2.39. The standard InChI is InChI=1S/C11H17N3O/c1-15-10-3-2-6-14(8-10)9-4-5-13-11(12)7-9/h4-5,7,10H,2-3,6,8H2,1H3,(H2,12,13). The molecule has 0 bridgehead atoms. The molecule has 1 fully saturated rings. The number of anilines is 2. The van der Waals surface area contributed by atoms with Crippen LogP contribution in [0.2, 0.25) is 0 Å². The van der Waals surface area contributed by atoms with E-state index >= 15 is 0 Å². The molecule has 4 heteroatoms. The van der Waals surface area contributed by atoms with Gasteiger partial charge in [-0.05, 0) is 18.9 Å². The number of hydrogen-bond donors (Lipinski definition) is 1. The molecule has 1 aliphatic rings. The molecule has 1 aromatic heterocycles. The van der Waals surface area contributed by atoms with Crippen molar-refractivity contribution in [2.24, 2.45) is 0 Å². The Morgan fingerprint density at radius 3 is 3.20 bits per heavy atom. The Hall–Kier alpha value is -1.29. The van der Waals surface area contributed by atoms with Crippen LogP contribution >= 0.6 is 0 Å². The fourth-order valence-electron chi connectivity index (χ4n) is 2.00. The molecule has 1 atom stereocenters. The van der Waals surface area contributed by atoms with Gasteiger partial charge in [0.2, 0.25) is 0 Å². The van der Waals surface area contributed by atoms with E-state index in [-0.39, 0.29) is 0 Å². The topological polar surface area (TPSA) is 51.4 Å². The molecule has 82 valence electrons. The molecule has 1 aliphatic heterocycles. The minimum Gasteiger partial charge on any atom is -0.384 e. The van der Waals surface area contributed by atoms with Gasteiger partial charge in [0.15, 0.2) is 0 Å². The second kappa shape index (κ2) is 4.49. The fourth-order valence-corrected chi connectivity index (χ4v) is 2.00. The van der Waals surface area contributed by atoms with Gasteiger partial charge in [-0.25, -0.2) is 4.98 Å². The van der Waals surface area contributed by atoms with Crippen LogP contribution < -0.4 is 10.6 Å². The SMILES string of the molecule is COC1CCCN(c2ccnc(N)c2)C1. The number of methoxy groups -OCH3 is 1. The van der Waals surface area contributed by atoms with Crippen LogP contribution in [0.3, 0.4) is 0 Å². The van der Waals surface area contributed by atoms with Crippen molar-refractivity contribution < 1.29 is 4.74 Å². The lowest BCUT2D eigenvalue weighted by Crippen LogP contribution is -2.39. The highest BCUT2D eigenvalue weighted by molar-refractivity contribution is 5.52. The molecule has 2 heterocycles. The largest absolute Gasteiger partial charge is 0.384 e. The summed E-state index contributed by atoms with van der Waals surface area (Å²) in [6.45, 7) is 2.02. The van der Waals surface area contributed by atoms with Gasteiger partial charge in [0.25, 0.3) is 0 Å². The number of ether oxygens (including phenoxy) is 1. The lowest BCUT2D eigenvalue weighted by Gasteiger charge is -2.33. The van der Waals surface area contributed by atoms with Crippen LogP contribution in [0.5, 0.6) is 0 Å². The van der Waals surface area contributed by atoms with Gasteiger partial charge in [-0.3, -0.25) is 0 Å². The maximum atomic E-state index is 5.66. The first kappa shape index (κ1) is 10.2. The van der Waals surface area contributed by atoms with E-state index in [9.17, 15) is 0 Å². The van der Waals surface area contributed by atoms with E-state index in [2.05, 4.69) is 9.88 Å². The number of aromatic nitrogens is 1. The summed E-state index contributed by atoms with van der Waals surface area (Å²) in [4.78, 5) is 6.30. The Morgan fingerprint density at radius 1 is 1.60 bits per heavy atom. The van der Waals surface area contributed by atoms with Gasteiger partial charge in [-0.1, -0.05) is 0 Å². The molecular weight excluding hydrogens is 190 g/mol. The first-order valence-electron chi connectivity index (χ1n) is 5.29. The average molecular weight is 207 g/mol. The molecule has 0 spiro atoms. The van der Waals surface area contributed by atoms with Crippen LogP contribution in [0.1, 0.15) is 12.8 Å². The van der Waals surface area contributed by atoms with Crippen LogP contribution in [-0.4, -0.2) is 31.3 Å². The summed E-state index contributed by atoms with van der Waals surface area (Å²) in [5.41, 5.74) is 6.81. The molecule has 1 saturated heterocycles. The summed E-state index contributed by atoms with van der Waals surface area (Å²) in [5.74, 6) is 0.576. The Morgan fingerprint density at radius 2 is 2.47 bits per heavy atom. The van der Waals surface area contributed by atoms with Gasteiger partial charge in [0.1, 0.15) is 5.82 Å². The third-order valence-corrected chi connectivity index (χ3v) is 2.84. The highest BCUT2D eigenvalue weighted by atomic mass is 16.5. The third-order valence-electron chi connectivity index (χ3n) is 2.84. The molecular formula is C11H17N3O. The zero-order valence-corrected chi connectivity index (χ0v) is 9.02. The zero-order valence-electron chi connectivity index (χ0n) is 9.02. The predicted octanol–water partition coefficient (Wildman–Crippen LogP) is 1.28. The summed E-state index contributed by atoms with van der Waals surface area (Å²) in [6.07, 6.45) is 4.41. The van der Waals surface area contributed by atoms with E-state index in [1.807, 2.05) is 12.1 Å². The highest BCUT2D eigenvalue weighted by Crippen LogP contribution is 2.21. The lowest BCUT2D eigenvalue weighted by molar-refractivity contribution is 0.0893. The van der Waals surface area contributed by atoms with E-state index in [1.54, 1.807) is 13.3 Å². The Balaban J connectivity index is 2.09. The molecule has 0 saturated carbocycles. The fraction of sp³-hybridized carbons (Fsp3) is 0.545. The Kier molecular flexibility index (Phi) is 3.06. The molecule has 2 rings (SSSR count). The van der Waals surface area contributed by atoms with Crippen molar-refractivity contribution in [2.45, 2.75) is 18.9 Å². The number of nitrogen functional groups attached to an aromatic ring is 1. The van der Waals surface area contributed by atoms with E-state index < -0.39 is 0 Å². The van der Waals surface area contributed by atoms with Crippen LogP contribution in [0.25, 0.3) is 0 Å². The first-order valence-corrected chi connectivity index (χ1v) is 5.29. The van der Waals surface area contributed by atoms with E-state index in [4.69, 9.17) is 10.5 Å². The Bertz CT molecular complexity index is 329. The van der Waals surface area contributed by atoms with Gasteiger partial charge < -0.3 is 15.4 Å². The minimum absolute atomic E-state index is 0.341. The molecule has 15 heavy (non-hydrogen) atoms. The second-order valence-corrected chi connectivity index (χ2v) is 3.88. The molecule has 1 aromatic rings. The minimum atomic E-state index is 0.341. The predicted molar refractivity (Wildman–Crippen MR) is 60.9 cm³/mol. The van der Waals surface area contributed by atoms with Gasteiger partial charge in [0.05, 0.1) is 6.10 Å². The van der Waals surface area contributed by atoms with Crippen molar-refractivity contribution in [3.05, 3.63) is 18.3 Å². The number of nitrogens with two attached hydrogens (primary N) is 1.